The molecule has 144 valence electrons. The average Bonchev–Trinajstić information content (AvgIpc) is 2.78. The van der Waals surface area contributed by atoms with Crippen LogP contribution >= 0.6 is 0 Å². The van der Waals surface area contributed by atoms with Crippen LogP contribution in [0.3, 0.4) is 0 Å². The minimum absolute atomic E-state index is 0.309. The van der Waals surface area contributed by atoms with Gasteiger partial charge in [-0.15, -0.1) is 0 Å². The van der Waals surface area contributed by atoms with Crippen molar-refractivity contribution in [2.24, 2.45) is 0 Å². The predicted molar refractivity (Wildman–Crippen MR) is 117 cm³/mol. The molecule has 0 amide bonds. The number of hydrogen-bond acceptors (Lipinski definition) is 3. The van der Waals surface area contributed by atoms with Gasteiger partial charge in [0.1, 0.15) is 11.4 Å². The van der Waals surface area contributed by atoms with Crippen LogP contribution in [0, 0.1) is 5.82 Å². The lowest BCUT2D eigenvalue weighted by Crippen LogP contribution is -2.22. The van der Waals surface area contributed by atoms with Crippen molar-refractivity contribution in [1.82, 2.24) is 0 Å². The first-order chi connectivity index (χ1) is 14.7. The van der Waals surface area contributed by atoms with Crippen LogP contribution in [0.25, 0.3) is 21.7 Å². The molecule has 4 aromatic carbocycles. The summed E-state index contributed by atoms with van der Waals surface area (Å²) in [6.07, 6.45) is 0. The van der Waals surface area contributed by atoms with Crippen molar-refractivity contribution in [2.75, 3.05) is 5.32 Å². The standard InChI is InChI=1S/C26H16FNO2/c27-17-12-9-16(10-13-17)22-23-18-6-2-1-5-15(18)11-14-20(23)28-25-19-7-3-4-8-21(19)30-26(29)24(22)25/h1-14,22,28H. The number of para-hydroxylation sites is 1. The average molecular weight is 393 g/mol. The lowest BCUT2D eigenvalue weighted by molar-refractivity contribution is 0.549. The monoisotopic (exact) mass is 393 g/mol. The third-order valence-electron chi connectivity index (χ3n) is 5.86. The van der Waals surface area contributed by atoms with Gasteiger partial charge in [0.15, 0.2) is 0 Å². The van der Waals surface area contributed by atoms with Crippen LogP contribution in [0.5, 0.6) is 0 Å². The number of benzene rings is 4. The maximum atomic E-state index is 13.7. The highest BCUT2D eigenvalue weighted by molar-refractivity contribution is 6.00. The van der Waals surface area contributed by atoms with E-state index in [0.29, 0.717) is 11.1 Å². The number of nitrogens with one attached hydrogen (secondary N) is 1. The van der Waals surface area contributed by atoms with E-state index in [1.807, 2.05) is 36.4 Å². The third kappa shape index (κ3) is 2.40. The number of halogens is 1. The molecule has 0 radical (unpaired) electrons. The molecule has 1 aliphatic rings. The summed E-state index contributed by atoms with van der Waals surface area (Å²) >= 11 is 0. The topological polar surface area (TPSA) is 42.2 Å². The zero-order valence-corrected chi connectivity index (χ0v) is 15.9. The van der Waals surface area contributed by atoms with Crippen LogP contribution in [0.1, 0.15) is 22.6 Å². The SMILES string of the molecule is O=c1oc2ccccc2c2c1C(c1ccc(F)cc1)c1c(ccc3ccccc13)N2. The second kappa shape index (κ2) is 6.29. The first kappa shape index (κ1) is 17.0. The van der Waals surface area contributed by atoms with E-state index in [2.05, 4.69) is 23.5 Å². The normalized spacial score (nSPS) is 14.9. The number of anilines is 2. The Hall–Kier alpha value is -3.92. The molecule has 0 saturated carbocycles. The van der Waals surface area contributed by atoms with Crippen LogP contribution in [-0.2, 0) is 0 Å². The van der Waals surface area contributed by atoms with E-state index in [0.717, 1.165) is 38.7 Å². The highest BCUT2D eigenvalue weighted by Gasteiger charge is 2.33. The Morgan fingerprint density at radius 1 is 0.767 bits per heavy atom. The second-order valence-electron chi connectivity index (χ2n) is 7.53. The fraction of sp³-hybridized carbons (Fsp3) is 0.0385. The van der Waals surface area contributed by atoms with Crippen molar-refractivity contribution in [3.05, 3.63) is 118 Å². The van der Waals surface area contributed by atoms with Gasteiger partial charge in [-0.05, 0) is 52.2 Å². The first-order valence-corrected chi connectivity index (χ1v) is 9.80. The third-order valence-corrected chi connectivity index (χ3v) is 5.86. The molecule has 0 bridgehead atoms. The van der Waals surface area contributed by atoms with E-state index < -0.39 is 0 Å². The molecule has 1 atom stereocenters. The maximum absolute atomic E-state index is 13.7. The molecule has 6 rings (SSSR count). The zero-order chi connectivity index (χ0) is 20.2. The smallest absolute Gasteiger partial charge is 0.342 e. The van der Waals surface area contributed by atoms with E-state index in [-0.39, 0.29) is 17.4 Å². The number of rotatable bonds is 1. The summed E-state index contributed by atoms with van der Waals surface area (Å²) in [6.45, 7) is 0. The van der Waals surface area contributed by atoms with Gasteiger partial charge in [0.2, 0.25) is 0 Å². The van der Waals surface area contributed by atoms with Crippen molar-refractivity contribution < 1.29 is 8.81 Å². The number of fused-ring (bicyclic) bond motifs is 6. The Morgan fingerprint density at radius 3 is 2.33 bits per heavy atom. The van der Waals surface area contributed by atoms with Crippen molar-refractivity contribution in [2.45, 2.75) is 5.92 Å². The lowest BCUT2D eigenvalue weighted by Gasteiger charge is -2.30. The van der Waals surface area contributed by atoms with Gasteiger partial charge in [0.05, 0.1) is 11.3 Å². The number of hydrogen-bond donors (Lipinski definition) is 1. The highest BCUT2D eigenvalue weighted by Crippen LogP contribution is 2.48. The Labute approximate surface area is 171 Å². The van der Waals surface area contributed by atoms with Crippen molar-refractivity contribution in [1.29, 1.82) is 0 Å². The molecule has 1 unspecified atom stereocenters. The Kier molecular flexibility index (Phi) is 3.56. The van der Waals surface area contributed by atoms with Gasteiger partial charge in [-0.25, -0.2) is 9.18 Å². The Balaban J connectivity index is 1.76. The van der Waals surface area contributed by atoms with E-state index >= 15 is 0 Å². The zero-order valence-electron chi connectivity index (χ0n) is 15.9. The van der Waals surface area contributed by atoms with Crippen LogP contribution in [0.2, 0.25) is 0 Å². The van der Waals surface area contributed by atoms with Gasteiger partial charge in [-0.3, -0.25) is 0 Å². The molecule has 1 N–H and O–H groups in total. The second-order valence-corrected chi connectivity index (χ2v) is 7.53. The van der Waals surface area contributed by atoms with Gasteiger partial charge in [0, 0.05) is 17.0 Å². The molecule has 4 heteroatoms. The molecule has 5 aromatic rings. The maximum Gasteiger partial charge on any atom is 0.342 e. The van der Waals surface area contributed by atoms with Crippen molar-refractivity contribution in [3.8, 4) is 0 Å². The predicted octanol–water partition coefficient (Wildman–Crippen LogP) is 6.32. The summed E-state index contributed by atoms with van der Waals surface area (Å²) in [4.78, 5) is 13.2. The van der Waals surface area contributed by atoms with Crippen LogP contribution < -0.4 is 10.9 Å². The van der Waals surface area contributed by atoms with Gasteiger partial charge >= 0.3 is 5.63 Å². The molecule has 0 spiro atoms. The van der Waals surface area contributed by atoms with Crippen molar-refractivity contribution in [3.63, 3.8) is 0 Å². The summed E-state index contributed by atoms with van der Waals surface area (Å²) in [5, 5.41) is 6.47. The summed E-state index contributed by atoms with van der Waals surface area (Å²) < 4.78 is 19.4. The fourth-order valence-electron chi connectivity index (χ4n) is 4.54. The molecule has 3 nitrogen and oxygen atoms in total. The lowest BCUT2D eigenvalue weighted by atomic mass is 9.79. The molecule has 0 aliphatic carbocycles. The fourth-order valence-corrected chi connectivity index (χ4v) is 4.54. The minimum Gasteiger partial charge on any atom is -0.422 e. The molecular weight excluding hydrogens is 377 g/mol. The van der Waals surface area contributed by atoms with E-state index in [1.165, 1.54) is 12.1 Å². The largest absolute Gasteiger partial charge is 0.422 e. The van der Waals surface area contributed by atoms with Gasteiger partial charge in [-0.2, -0.15) is 0 Å². The van der Waals surface area contributed by atoms with E-state index in [1.54, 1.807) is 18.2 Å². The summed E-state index contributed by atoms with van der Waals surface area (Å²) in [6, 6.07) is 26.1. The van der Waals surface area contributed by atoms with Crippen LogP contribution in [0.4, 0.5) is 15.8 Å². The highest BCUT2D eigenvalue weighted by atomic mass is 19.1. The van der Waals surface area contributed by atoms with Crippen molar-refractivity contribution >= 4 is 33.1 Å². The first-order valence-electron chi connectivity index (χ1n) is 9.80. The van der Waals surface area contributed by atoms with Crippen LogP contribution in [0.15, 0.2) is 94.1 Å². The summed E-state index contributed by atoms with van der Waals surface area (Å²) in [7, 11) is 0. The molecule has 1 aliphatic heterocycles. The van der Waals surface area contributed by atoms with Crippen LogP contribution in [-0.4, -0.2) is 0 Å². The molecule has 0 fully saturated rings. The Bertz CT molecular complexity index is 1500. The van der Waals surface area contributed by atoms with Gasteiger partial charge in [-0.1, -0.05) is 54.6 Å². The molecular formula is C26H16FNO2. The minimum atomic E-state index is -0.385. The van der Waals surface area contributed by atoms with E-state index in [9.17, 15) is 9.18 Å². The quantitative estimate of drug-likeness (QED) is 0.332. The Morgan fingerprint density at radius 2 is 1.50 bits per heavy atom. The molecule has 30 heavy (non-hydrogen) atoms. The molecule has 1 aromatic heterocycles. The van der Waals surface area contributed by atoms with Gasteiger partial charge < -0.3 is 9.73 Å². The summed E-state index contributed by atoms with van der Waals surface area (Å²) in [5.41, 5.74) is 4.23. The molecule has 0 saturated heterocycles. The summed E-state index contributed by atoms with van der Waals surface area (Å²) in [5.74, 6) is -0.680. The molecule has 2 heterocycles. The van der Waals surface area contributed by atoms with E-state index in [4.69, 9.17) is 4.42 Å². The van der Waals surface area contributed by atoms with Gasteiger partial charge in [0.25, 0.3) is 0 Å².